The second-order valence-electron chi connectivity index (χ2n) is 6.05. The van der Waals surface area contributed by atoms with Gasteiger partial charge in [0.15, 0.2) is 5.96 Å². The summed E-state index contributed by atoms with van der Waals surface area (Å²) >= 11 is 0. The van der Waals surface area contributed by atoms with Gasteiger partial charge in [-0.3, -0.25) is 4.99 Å². The largest absolute Gasteiger partial charge is 0.396 e. The first kappa shape index (κ1) is 22.2. The Morgan fingerprint density at radius 3 is 2.35 bits per heavy atom. The molecule has 0 rings (SSSR count). The van der Waals surface area contributed by atoms with Crippen molar-refractivity contribution in [3.8, 4) is 0 Å². The molecule has 0 aliphatic carbocycles. The number of unbranched alkanes of at least 4 members (excludes halogenated alkanes) is 1. The van der Waals surface area contributed by atoms with E-state index in [2.05, 4.69) is 48.2 Å². The van der Waals surface area contributed by atoms with E-state index in [0.717, 1.165) is 64.4 Å². The van der Waals surface area contributed by atoms with E-state index in [9.17, 15) is 0 Å². The summed E-state index contributed by atoms with van der Waals surface area (Å²) in [5, 5.41) is 15.9. The van der Waals surface area contributed by atoms with Crippen LogP contribution >= 0.6 is 0 Å². The normalized spacial score (nSPS) is 13.4. The van der Waals surface area contributed by atoms with Crippen LogP contribution in [-0.2, 0) is 0 Å². The van der Waals surface area contributed by atoms with Crippen LogP contribution in [-0.4, -0.2) is 61.8 Å². The second-order valence-corrected chi connectivity index (χ2v) is 6.05. The van der Waals surface area contributed by atoms with Crippen LogP contribution < -0.4 is 10.6 Å². The number of rotatable bonds is 14. The first-order valence-corrected chi connectivity index (χ1v) is 9.57. The Hall–Kier alpha value is -0.810. The predicted octanol–water partition coefficient (Wildman–Crippen LogP) is 2.46. The fourth-order valence-electron chi connectivity index (χ4n) is 2.69. The van der Waals surface area contributed by atoms with E-state index < -0.39 is 0 Å². The van der Waals surface area contributed by atoms with E-state index in [1.165, 1.54) is 13.0 Å². The first-order chi connectivity index (χ1) is 11.2. The number of hydrogen-bond acceptors (Lipinski definition) is 3. The van der Waals surface area contributed by atoms with E-state index in [-0.39, 0.29) is 6.61 Å². The minimum Gasteiger partial charge on any atom is -0.396 e. The van der Waals surface area contributed by atoms with Crippen molar-refractivity contribution < 1.29 is 5.11 Å². The molecule has 23 heavy (non-hydrogen) atoms. The molecule has 0 bridgehead atoms. The number of aliphatic hydroxyl groups is 1. The summed E-state index contributed by atoms with van der Waals surface area (Å²) in [4.78, 5) is 7.15. The lowest BCUT2D eigenvalue weighted by molar-refractivity contribution is 0.253. The average molecular weight is 329 g/mol. The first-order valence-electron chi connectivity index (χ1n) is 9.57. The third-order valence-electron chi connectivity index (χ3n) is 4.17. The number of aliphatic hydroxyl groups excluding tert-OH is 1. The molecule has 0 aromatic carbocycles. The van der Waals surface area contributed by atoms with Crippen LogP contribution in [0.4, 0.5) is 0 Å². The molecule has 5 heteroatoms. The molecular formula is C18H40N4O. The standard InChI is InChI=1S/C18H40N4O/c1-5-11-17(12-15-23)16-21-18(19-6-2)20-13-9-10-14-22(7-3)8-4/h17,23H,5-16H2,1-4H3,(H2,19,20,21). The molecule has 0 aromatic rings. The maximum absolute atomic E-state index is 9.13. The van der Waals surface area contributed by atoms with Crippen molar-refractivity contribution in [2.75, 3.05) is 45.9 Å². The molecule has 0 aromatic heterocycles. The lowest BCUT2D eigenvalue weighted by Crippen LogP contribution is -2.38. The van der Waals surface area contributed by atoms with E-state index in [0.29, 0.717) is 5.92 Å². The minimum atomic E-state index is 0.259. The van der Waals surface area contributed by atoms with Crippen LogP contribution in [0.15, 0.2) is 4.99 Å². The summed E-state index contributed by atoms with van der Waals surface area (Å²) in [7, 11) is 0. The van der Waals surface area contributed by atoms with Gasteiger partial charge in [0, 0.05) is 26.2 Å². The average Bonchev–Trinajstić information content (AvgIpc) is 2.56. The predicted molar refractivity (Wildman–Crippen MR) is 101 cm³/mol. The zero-order chi connectivity index (χ0) is 17.3. The molecule has 0 saturated heterocycles. The Bertz CT molecular complexity index is 274. The molecule has 5 nitrogen and oxygen atoms in total. The molecule has 1 atom stereocenters. The smallest absolute Gasteiger partial charge is 0.191 e. The van der Waals surface area contributed by atoms with Gasteiger partial charge in [0.05, 0.1) is 0 Å². The van der Waals surface area contributed by atoms with Gasteiger partial charge < -0.3 is 20.6 Å². The highest BCUT2D eigenvalue weighted by Gasteiger charge is 2.07. The van der Waals surface area contributed by atoms with Gasteiger partial charge in [-0.2, -0.15) is 0 Å². The van der Waals surface area contributed by atoms with Gasteiger partial charge >= 0.3 is 0 Å². The molecule has 0 aliphatic rings. The summed E-state index contributed by atoms with van der Waals surface area (Å²) in [5.74, 6) is 1.40. The number of guanidine groups is 1. The highest BCUT2D eigenvalue weighted by atomic mass is 16.3. The molecular weight excluding hydrogens is 288 g/mol. The highest BCUT2D eigenvalue weighted by molar-refractivity contribution is 5.79. The Morgan fingerprint density at radius 2 is 1.78 bits per heavy atom. The van der Waals surface area contributed by atoms with Crippen molar-refractivity contribution >= 4 is 5.96 Å². The van der Waals surface area contributed by atoms with Crippen LogP contribution in [0.5, 0.6) is 0 Å². The molecule has 0 heterocycles. The third kappa shape index (κ3) is 12.3. The maximum atomic E-state index is 9.13. The quantitative estimate of drug-likeness (QED) is 0.260. The summed E-state index contributed by atoms with van der Waals surface area (Å²) in [6.45, 7) is 15.1. The van der Waals surface area contributed by atoms with Gasteiger partial charge in [-0.1, -0.05) is 27.2 Å². The van der Waals surface area contributed by atoms with Crippen molar-refractivity contribution in [2.24, 2.45) is 10.9 Å². The molecule has 3 N–H and O–H groups in total. The van der Waals surface area contributed by atoms with Crippen LogP contribution in [0.3, 0.4) is 0 Å². The van der Waals surface area contributed by atoms with Gasteiger partial charge in [-0.25, -0.2) is 0 Å². The van der Waals surface area contributed by atoms with Crippen LogP contribution in [0.25, 0.3) is 0 Å². The Balaban J connectivity index is 4.10. The van der Waals surface area contributed by atoms with Gasteiger partial charge in [-0.15, -0.1) is 0 Å². The summed E-state index contributed by atoms with van der Waals surface area (Å²) in [6, 6.07) is 0. The molecule has 1 unspecified atom stereocenters. The molecule has 0 aliphatic heterocycles. The fraction of sp³-hybridized carbons (Fsp3) is 0.944. The zero-order valence-electron chi connectivity index (χ0n) is 15.9. The van der Waals surface area contributed by atoms with E-state index in [4.69, 9.17) is 5.11 Å². The van der Waals surface area contributed by atoms with Crippen LogP contribution in [0.1, 0.15) is 59.8 Å². The third-order valence-corrected chi connectivity index (χ3v) is 4.17. The topological polar surface area (TPSA) is 59.9 Å². The van der Waals surface area contributed by atoms with Gasteiger partial charge in [0.25, 0.3) is 0 Å². The molecule has 0 fully saturated rings. The molecule has 0 radical (unpaired) electrons. The second kappa shape index (κ2) is 16.1. The van der Waals surface area contributed by atoms with E-state index >= 15 is 0 Å². The van der Waals surface area contributed by atoms with E-state index in [1.807, 2.05) is 0 Å². The highest BCUT2D eigenvalue weighted by Crippen LogP contribution is 2.10. The van der Waals surface area contributed by atoms with Crippen LogP contribution in [0.2, 0.25) is 0 Å². The molecule has 0 spiro atoms. The number of aliphatic imine (C=N–C) groups is 1. The monoisotopic (exact) mass is 328 g/mol. The number of nitrogens with one attached hydrogen (secondary N) is 2. The van der Waals surface area contributed by atoms with Gasteiger partial charge in [0.2, 0.25) is 0 Å². The van der Waals surface area contributed by atoms with Crippen molar-refractivity contribution in [2.45, 2.75) is 59.8 Å². The molecule has 0 amide bonds. The van der Waals surface area contributed by atoms with Crippen molar-refractivity contribution in [3.05, 3.63) is 0 Å². The van der Waals surface area contributed by atoms with Gasteiger partial charge in [0.1, 0.15) is 0 Å². The SMILES string of the molecule is CCCC(CCO)CN=C(NCC)NCCCCN(CC)CC. The maximum Gasteiger partial charge on any atom is 0.191 e. The minimum absolute atomic E-state index is 0.259. The summed E-state index contributed by atoms with van der Waals surface area (Å²) in [5.41, 5.74) is 0. The zero-order valence-corrected chi connectivity index (χ0v) is 15.9. The number of hydrogen-bond donors (Lipinski definition) is 3. The number of nitrogens with zero attached hydrogens (tertiary/aromatic N) is 2. The van der Waals surface area contributed by atoms with E-state index in [1.54, 1.807) is 0 Å². The lowest BCUT2D eigenvalue weighted by atomic mass is 10.0. The fourth-order valence-corrected chi connectivity index (χ4v) is 2.69. The lowest BCUT2D eigenvalue weighted by Gasteiger charge is -2.18. The van der Waals surface area contributed by atoms with Crippen LogP contribution in [0, 0.1) is 5.92 Å². The van der Waals surface area contributed by atoms with Crippen molar-refractivity contribution in [1.82, 2.24) is 15.5 Å². The van der Waals surface area contributed by atoms with Crippen molar-refractivity contribution in [1.29, 1.82) is 0 Å². The molecule has 0 saturated carbocycles. The Kier molecular flexibility index (Phi) is 15.5. The molecule has 138 valence electrons. The Labute approximate surface area is 143 Å². The summed E-state index contributed by atoms with van der Waals surface area (Å²) < 4.78 is 0. The Morgan fingerprint density at radius 1 is 1.04 bits per heavy atom. The summed E-state index contributed by atoms with van der Waals surface area (Å²) in [6.07, 6.45) is 5.51. The van der Waals surface area contributed by atoms with Gasteiger partial charge in [-0.05, 0) is 58.2 Å². The van der Waals surface area contributed by atoms with Crippen molar-refractivity contribution in [3.63, 3.8) is 0 Å².